The lowest BCUT2D eigenvalue weighted by Crippen LogP contribution is -2.43. The molecule has 176 valence electrons. The second-order valence-corrected chi connectivity index (χ2v) is 8.72. The van der Waals surface area contributed by atoms with E-state index >= 15 is 0 Å². The van der Waals surface area contributed by atoms with Crippen molar-refractivity contribution in [3.05, 3.63) is 40.2 Å². The Labute approximate surface area is 193 Å². The number of hydrogen-bond acceptors (Lipinski definition) is 7. The molecule has 33 heavy (non-hydrogen) atoms. The van der Waals surface area contributed by atoms with Crippen LogP contribution < -0.4 is 16.0 Å². The van der Waals surface area contributed by atoms with E-state index in [0.29, 0.717) is 57.2 Å². The average molecular weight is 478 g/mol. The Hall–Kier alpha value is -3.09. The average Bonchev–Trinajstić information content (AvgIpc) is 3.48. The van der Waals surface area contributed by atoms with Crippen LogP contribution in [0.2, 0.25) is 0 Å². The number of carbonyl (C=O) groups is 3. The molecule has 3 heterocycles. The van der Waals surface area contributed by atoms with Gasteiger partial charge < -0.3 is 25.0 Å². The lowest BCUT2D eigenvalue weighted by Gasteiger charge is -2.26. The van der Waals surface area contributed by atoms with Gasteiger partial charge in [-0.1, -0.05) is 11.3 Å². The van der Waals surface area contributed by atoms with Crippen molar-refractivity contribution < 1.29 is 28.2 Å². The number of amides is 4. The zero-order valence-electron chi connectivity index (χ0n) is 18.0. The summed E-state index contributed by atoms with van der Waals surface area (Å²) in [7, 11) is 0. The standard InChI is InChI=1S/C21H24FN5O5S/c1-12-8-15(22)14(18(28)24-13-2-5-32-11-13)9-16(12)25-19(29)17-10-23-20(33-17)26-21(30)27-3-6-31-7-4-27/h8-10,13H,2-7,11H2,1H3,(H,24,28)(H,25,29)(H,23,26,30)/t13-/m0/s1. The molecule has 4 rings (SSSR count). The van der Waals surface area contributed by atoms with E-state index in [1.807, 2.05) is 0 Å². The number of aromatic nitrogens is 1. The fourth-order valence-corrected chi connectivity index (χ4v) is 4.15. The van der Waals surface area contributed by atoms with E-state index in [4.69, 9.17) is 9.47 Å². The molecule has 2 saturated heterocycles. The molecule has 10 nitrogen and oxygen atoms in total. The number of benzene rings is 1. The van der Waals surface area contributed by atoms with Gasteiger partial charge in [0.25, 0.3) is 11.8 Å². The molecule has 4 amide bonds. The normalized spacial score (nSPS) is 18.1. The van der Waals surface area contributed by atoms with E-state index in [9.17, 15) is 18.8 Å². The van der Waals surface area contributed by atoms with E-state index in [2.05, 4.69) is 20.9 Å². The Morgan fingerprint density at radius 2 is 1.91 bits per heavy atom. The van der Waals surface area contributed by atoms with Crippen LogP contribution in [0.1, 0.15) is 32.0 Å². The maximum Gasteiger partial charge on any atom is 0.323 e. The minimum atomic E-state index is -0.673. The summed E-state index contributed by atoms with van der Waals surface area (Å²) in [5, 5.41) is 8.39. The molecule has 1 aromatic carbocycles. The third-order valence-electron chi connectivity index (χ3n) is 5.31. The summed E-state index contributed by atoms with van der Waals surface area (Å²) in [5.41, 5.74) is 0.610. The summed E-state index contributed by atoms with van der Waals surface area (Å²) in [4.78, 5) is 43.5. The number of carbonyl (C=O) groups excluding carboxylic acids is 3. The number of aryl methyl sites for hydroxylation is 1. The first-order valence-electron chi connectivity index (χ1n) is 10.5. The quantitative estimate of drug-likeness (QED) is 0.607. The molecule has 0 aliphatic carbocycles. The smallest absolute Gasteiger partial charge is 0.323 e. The monoisotopic (exact) mass is 477 g/mol. The zero-order chi connectivity index (χ0) is 23.4. The maximum absolute atomic E-state index is 14.4. The largest absolute Gasteiger partial charge is 0.379 e. The van der Waals surface area contributed by atoms with Crippen LogP contribution in [0.5, 0.6) is 0 Å². The predicted octanol–water partition coefficient (Wildman–Crippen LogP) is 2.23. The molecule has 0 radical (unpaired) electrons. The Morgan fingerprint density at radius 1 is 1.12 bits per heavy atom. The molecule has 2 fully saturated rings. The van der Waals surface area contributed by atoms with Gasteiger partial charge in [0.2, 0.25) is 0 Å². The molecule has 12 heteroatoms. The predicted molar refractivity (Wildman–Crippen MR) is 119 cm³/mol. The number of urea groups is 1. The highest BCUT2D eigenvalue weighted by Crippen LogP contribution is 2.24. The summed E-state index contributed by atoms with van der Waals surface area (Å²) < 4.78 is 24.9. The van der Waals surface area contributed by atoms with Gasteiger partial charge in [-0.2, -0.15) is 0 Å². The van der Waals surface area contributed by atoms with Crippen LogP contribution in [-0.2, 0) is 9.47 Å². The third kappa shape index (κ3) is 5.64. The number of morpholine rings is 1. The van der Waals surface area contributed by atoms with Crippen molar-refractivity contribution in [1.29, 1.82) is 0 Å². The minimum Gasteiger partial charge on any atom is -0.379 e. The molecule has 1 atom stereocenters. The fraction of sp³-hybridized carbons (Fsp3) is 0.429. The van der Waals surface area contributed by atoms with E-state index < -0.39 is 17.6 Å². The Morgan fingerprint density at radius 3 is 2.64 bits per heavy atom. The van der Waals surface area contributed by atoms with Gasteiger partial charge in [0.15, 0.2) is 5.13 Å². The number of nitrogens with zero attached hydrogens (tertiary/aromatic N) is 2. The van der Waals surface area contributed by atoms with Gasteiger partial charge in [0, 0.05) is 25.4 Å². The van der Waals surface area contributed by atoms with Gasteiger partial charge in [-0.05, 0) is 31.0 Å². The van der Waals surface area contributed by atoms with Gasteiger partial charge in [-0.15, -0.1) is 0 Å². The van der Waals surface area contributed by atoms with E-state index in [-0.39, 0.29) is 27.6 Å². The highest BCUT2D eigenvalue weighted by molar-refractivity contribution is 7.17. The van der Waals surface area contributed by atoms with Crippen LogP contribution in [0.4, 0.5) is 20.0 Å². The molecule has 0 bridgehead atoms. The molecule has 2 aromatic rings. The summed E-state index contributed by atoms with van der Waals surface area (Å²) >= 11 is 1.01. The van der Waals surface area contributed by atoms with Crippen molar-refractivity contribution in [3.63, 3.8) is 0 Å². The number of nitrogens with one attached hydrogen (secondary N) is 3. The van der Waals surface area contributed by atoms with Gasteiger partial charge in [0.05, 0.1) is 37.6 Å². The van der Waals surface area contributed by atoms with Crippen LogP contribution in [0.3, 0.4) is 0 Å². The van der Waals surface area contributed by atoms with E-state index in [1.54, 1.807) is 11.8 Å². The Bertz CT molecular complexity index is 1050. The summed E-state index contributed by atoms with van der Waals surface area (Å²) in [6, 6.07) is 2.04. The van der Waals surface area contributed by atoms with Crippen molar-refractivity contribution in [2.24, 2.45) is 0 Å². The summed E-state index contributed by atoms with van der Waals surface area (Å²) in [6.45, 7) is 4.49. The van der Waals surface area contributed by atoms with Gasteiger partial charge >= 0.3 is 6.03 Å². The number of hydrogen-bond donors (Lipinski definition) is 3. The topological polar surface area (TPSA) is 122 Å². The molecule has 3 N–H and O–H groups in total. The lowest BCUT2D eigenvalue weighted by atomic mass is 10.1. The van der Waals surface area contributed by atoms with Crippen LogP contribution >= 0.6 is 11.3 Å². The zero-order valence-corrected chi connectivity index (χ0v) is 18.8. The molecule has 2 aliphatic rings. The summed E-state index contributed by atoms with van der Waals surface area (Å²) in [6.07, 6.45) is 2.01. The number of anilines is 2. The molecular weight excluding hydrogens is 453 g/mol. The van der Waals surface area contributed by atoms with Gasteiger partial charge in [-0.25, -0.2) is 14.2 Å². The molecule has 0 unspecified atom stereocenters. The molecular formula is C21H24FN5O5S. The lowest BCUT2D eigenvalue weighted by molar-refractivity contribution is 0.0564. The van der Waals surface area contributed by atoms with Crippen LogP contribution in [-0.4, -0.2) is 73.3 Å². The maximum atomic E-state index is 14.4. The highest BCUT2D eigenvalue weighted by Gasteiger charge is 2.23. The van der Waals surface area contributed by atoms with Crippen LogP contribution in [0.25, 0.3) is 0 Å². The Kier molecular flexibility index (Phi) is 7.16. The number of halogens is 1. The van der Waals surface area contributed by atoms with Crippen molar-refractivity contribution in [3.8, 4) is 0 Å². The van der Waals surface area contributed by atoms with E-state index in [0.717, 1.165) is 11.3 Å². The number of ether oxygens (including phenoxy) is 2. The molecule has 0 saturated carbocycles. The number of rotatable bonds is 5. The molecule has 2 aliphatic heterocycles. The minimum absolute atomic E-state index is 0.162. The molecule has 0 spiro atoms. The van der Waals surface area contributed by atoms with Crippen LogP contribution in [0.15, 0.2) is 18.3 Å². The highest BCUT2D eigenvalue weighted by atomic mass is 32.1. The van der Waals surface area contributed by atoms with Gasteiger partial charge in [0.1, 0.15) is 10.7 Å². The second-order valence-electron chi connectivity index (χ2n) is 7.69. The van der Waals surface area contributed by atoms with Crippen molar-refractivity contribution in [2.45, 2.75) is 19.4 Å². The van der Waals surface area contributed by atoms with Gasteiger partial charge in [-0.3, -0.25) is 14.9 Å². The third-order valence-corrected chi connectivity index (χ3v) is 6.22. The number of thiazole rings is 1. The first-order valence-corrected chi connectivity index (χ1v) is 11.3. The summed E-state index contributed by atoms with van der Waals surface area (Å²) in [5.74, 6) is -1.72. The SMILES string of the molecule is Cc1cc(F)c(C(=O)N[C@H]2CCOC2)cc1NC(=O)c1cnc(NC(=O)N2CCOCC2)s1. The van der Waals surface area contributed by atoms with E-state index in [1.165, 1.54) is 18.3 Å². The fourth-order valence-electron chi connectivity index (χ4n) is 3.45. The first kappa shape index (κ1) is 23.1. The first-order chi connectivity index (χ1) is 15.9. The van der Waals surface area contributed by atoms with Crippen molar-refractivity contribution >= 4 is 40.0 Å². The van der Waals surface area contributed by atoms with Crippen molar-refractivity contribution in [1.82, 2.24) is 15.2 Å². The van der Waals surface area contributed by atoms with Crippen LogP contribution in [0, 0.1) is 12.7 Å². The van der Waals surface area contributed by atoms with Crippen molar-refractivity contribution in [2.75, 3.05) is 50.2 Å². The molecule has 1 aromatic heterocycles. The Balaban J connectivity index is 1.41. The second kappa shape index (κ2) is 10.2.